The van der Waals surface area contributed by atoms with Crippen molar-refractivity contribution in [2.24, 2.45) is 0 Å². The highest BCUT2D eigenvalue weighted by Crippen LogP contribution is 2.01. The topological polar surface area (TPSA) is 33.1 Å². The van der Waals surface area contributed by atoms with E-state index in [9.17, 15) is 0 Å². The minimum atomic E-state index is -0.0969. The summed E-state index contributed by atoms with van der Waals surface area (Å²) in [6, 6.07) is 3.49. The smallest absolute Gasteiger partial charge is 0.0865 e. The average molecular weight is 133 g/mol. The molecule has 1 aromatic rings. The maximum absolute atomic E-state index is 8.69. The number of aliphatic hydroxyl groups is 1. The van der Waals surface area contributed by atoms with E-state index in [1.54, 1.807) is 18.3 Å². The maximum Gasteiger partial charge on any atom is 0.0865 e. The lowest BCUT2D eigenvalue weighted by molar-refractivity contribution is 0.276. The van der Waals surface area contributed by atoms with Gasteiger partial charge in [-0.25, -0.2) is 0 Å². The van der Waals surface area contributed by atoms with Gasteiger partial charge in [0.25, 0.3) is 0 Å². The summed E-state index contributed by atoms with van der Waals surface area (Å²) in [4.78, 5) is 3.88. The van der Waals surface area contributed by atoms with Gasteiger partial charge in [-0.05, 0) is 12.1 Å². The second kappa shape index (κ2) is 3.00. The molecular formula is C8H7NO. The SMILES string of the molecule is C#Cc1cccnc1CO. The van der Waals surface area contributed by atoms with Crippen LogP contribution in [0.5, 0.6) is 0 Å². The van der Waals surface area contributed by atoms with Crippen LogP contribution in [-0.2, 0) is 6.61 Å². The highest BCUT2D eigenvalue weighted by Gasteiger charge is 1.95. The number of terminal acetylenes is 1. The first-order valence-corrected chi connectivity index (χ1v) is 2.90. The van der Waals surface area contributed by atoms with Gasteiger partial charge in [-0.1, -0.05) is 5.92 Å². The minimum Gasteiger partial charge on any atom is -0.390 e. The van der Waals surface area contributed by atoms with Crippen LogP contribution < -0.4 is 0 Å². The Labute approximate surface area is 59.5 Å². The first-order valence-electron chi connectivity index (χ1n) is 2.90. The fourth-order valence-corrected chi connectivity index (χ4v) is 0.695. The molecule has 0 saturated carbocycles. The van der Waals surface area contributed by atoms with E-state index in [0.717, 1.165) is 0 Å². The molecule has 50 valence electrons. The Morgan fingerprint density at radius 3 is 3.00 bits per heavy atom. The quantitative estimate of drug-likeness (QED) is 0.568. The van der Waals surface area contributed by atoms with Crippen LogP contribution in [0.4, 0.5) is 0 Å². The van der Waals surface area contributed by atoms with Crippen molar-refractivity contribution >= 4 is 0 Å². The predicted octanol–water partition coefficient (Wildman–Crippen LogP) is 0.555. The highest BCUT2D eigenvalue weighted by molar-refractivity contribution is 5.34. The van der Waals surface area contributed by atoms with Gasteiger partial charge in [-0.3, -0.25) is 4.98 Å². The van der Waals surface area contributed by atoms with E-state index in [0.29, 0.717) is 11.3 Å². The molecule has 1 heterocycles. The number of hydrogen-bond acceptors (Lipinski definition) is 2. The average Bonchev–Trinajstić information content (AvgIpc) is 2.04. The second-order valence-corrected chi connectivity index (χ2v) is 1.80. The maximum atomic E-state index is 8.69. The summed E-state index contributed by atoms with van der Waals surface area (Å²) in [6.07, 6.45) is 6.73. The van der Waals surface area contributed by atoms with Gasteiger partial charge in [0.2, 0.25) is 0 Å². The molecule has 1 aromatic heterocycles. The van der Waals surface area contributed by atoms with E-state index < -0.39 is 0 Å². The second-order valence-electron chi connectivity index (χ2n) is 1.80. The van der Waals surface area contributed by atoms with Crippen LogP contribution in [0.3, 0.4) is 0 Å². The molecule has 2 nitrogen and oxygen atoms in total. The standard InChI is InChI=1S/C8H7NO/c1-2-7-4-3-5-9-8(7)6-10/h1,3-5,10H,6H2. The van der Waals surface area contributed by atoms with Gasteiger partial charge < -0.3 is 5.11 Å². The first-order chi connectivity index (χ1) is 4.88. The summed E-state index contributed by atoms with van der Waals surface area (Å²) in [7, 11) is 0. The number of nitrogens with zero attached hydrogens (tertiary/aromatic N) is 1. The van der Waals surface area contributed by atoms with Crippen LogP contribution in [0.25, 0.3) is 0 Å². The Balaban J connectivity index is 3.12. The summed E-state index contributed by atoms with van der Waals surface area (Å²) in [5.41, 5.74) is 1.22. The number of hydrogen-bond donors (Lipinski definition) is 1. The van der Waals surface area contributed by atoms with Gasteiger partial charge >= 0.3 is 0 Å². The van der Waals surface area contributed by atoms with Crippen LogP contribution in [0.1, 0.15) is 11.3 Å². The molecule has 10 heavy (non-hydrogen) atoms. The van der Waals surface area contributed by atoms with E-state index in [-0.39, 0.29) is 6.61 Å². The molecule has 0 aliphatic rings. The molecule has 0 aliphatic carbocycles. The molecule has 0 radical (unpaired) electrons. The Kier molecular flexibility index (Phi) is 2.03. The van der Waals surface area contributed by atoms with Gasteiger partial charge in [0.05, 0.1) is 12.3 Å². The van der Waals surface area contributed by atoms with Crippen molar-refractivity contribution in [2.45, 2.75) is 6.61 Å². The van der Waals surface area contributed by atoms with Crippen LogP contribution >= 0.6 is 0 Å². The molecule has 0 spiro atoms. The van der Waals surface area contributed by atoms with Crippen molar-refractivity contribution < 1.29 is 5.11 Å². The van der Waals surface area contributed by atoms with E-state index in [2.05, 4.69) is 10.9 Å². The van der Waals surface area contributed by atoms with Gasteiger partial charge in [0, 0.05) is 11.8 Å². The molecule has 0 aliphatic heterocycles. The molecule has 0 amide bonds. The molecule has 1 rings (SSSR count). The van der Waals surface area contributed by atoms with E-state index >= 15 is 0 Å². The van der Waals surface area contributed by atoms with Crippen LogP contribution in [0.2, 0.25) is 0 Å². The van der Waals surface area contributed by atoms with Crippen molar-refractivity contribution in [3.05, 3.63) is 29.6 Å². The largest absolute Gasteiger partial charge is 0.390 e. The number of rotatable bonds is 1. The van der Waals surface area contributed by atoms with Crippen molar-refractivity contribution in [1.29, 1.82) is 0 Å². The van der Waals surface area contributed by atoms with E-state index in [1.807, 2.05) is 0 Å². The van der Waals surface area contributed by atoms with Crippen LogP contribution in [0, 0.1) is 12.3 Å². The van der Waals surface area contributed by atoms with Gasteiger partial charge in [0.1, 0.15) is 0 Å². The van der Waals surface area contributed by atoms with Crippen molar-refractivity contribution in [3.8, 4) is 12.3 Å². The van der Waals surface area contributed by atoms with Crippen molar-refractivity contribution in [1.82, 2.24) is 4.98 Å². The van der Waals surface area contributed by atoms with Crippen LogP contribution in [-0.4, -0.2) is 10.1 Å². The monoisotopic (exact) mass is 133 g/mol. The molecule has 0 saturated heterocycles. The number of pyridine rings is 1. The summed E-state index contributed by atoms with van der Waals surface area (Å²) in [5.74, 6) is 2.42. The minimum absolute atomic E-state index is 0.0969. The summed E-state index contributed by atoms with van der Waals surface area (Å²) < 4.78 is 0. The number of aliphatic hydroxyl groups excluding tert-OH is 1. The zero-order valence-electron chi connectivity index (χ0n) is 5.41. The Morgan fingerprint density at radius 1 is 1.70 bits per heavy atom. The van der Waals surface area contributed by atoms with Gasteiger partial charge in [-0.2, -0.15) is 0 Å². The fraction of sp³-hybridized carbons (Fsp3) is 0.125. The summed E-state index contributed by atoms with van der Waals surface area (Å²) in [5, 5.41) is 8.69. The van der Waals surface area contributed by atoms with Gasteiger partial charge in [-0.15, -0.1) is 6.42 Å². The molecular weight excluding hydrogens is 126 g/mol. The first kappa shape index (κ1) is 6.79. The molecule has 1 N–H and O–H groups in total. The Hall–Kier alpha value is -1.33. The molecule has 0 fully saturated rings. The van der Waals surface area contributed by atoms with Crippen molar-refractivity contribution in [2.75, 3.05) is 0 Å². The Morgan fingerprint density at radius 2 is 2.50 bits per heavy atom. The normalized spacial score (nSPS) is 8.80. The Bertz CT molecular complexity index is 262. The van der Waals surface area contributed by atoms with E-state index in [1.165, 1.54) is 0 Å². The third-order valence-corrected chi connectivity index (χ3v) is 1.20. The lowest BCUT2D eigenvalue weighted by Crippen LogP contribution is -1.91. The molecule has 2 heteroatoms. The predicted molar refractivity (Wildman–Crippen MR) is 38.1 cm³/mol. The number of aromatic nitrogens is 1. The zero-order chi connectivity index (χ0) is 7.40. The third-order valence-electron chi connectivity index (χ3n) is 1.20. The fourth-order valence-electron chi connectivity index (χ4n) is 0.695. The van der Waals surface area contributed by atoms with Gasteiger partial charge in [0.15, 0.2) is 0 Å². The zero-order valence-corrected chi connectivity index (χ0v) is 5.41. The van der Waals surface area contributed by atoms with Crippen LogP contribution in [0.15, 0.2) is 18.3 Å². The summed E-state index contributed by atoms with van der Waals surface area (Å²) in [6.45, 7) is -0.0969. The lowest BCUT2D eigenvalue weighted by atomic mass is 10.2. The third kappa shape index (κ3) is 1.15. The molecule has 0 aromatic carbocycles. The lowest BCUT2D eigenvalue weighted by Gasteiger charge is -1.95. The molecule has 0 unspecified atom stereocenters. The molecule has 0 bridgehead atoms. The van der Waals surface area contributed by atoms with Crippen molar-refractivity contribution in [3.63, 3.8) is 0 Å². The highest BCUT2D eigenvalue weighted by atomic mass is 16.3. The summed E-state index contributed by atoms with van der Waals surface area (Å²) >= 11 is 0. The van der Waals surface area contributed by atoms with E-state index in [4.69, 9.17) is 11.5 Å². The molecule has 0 atom stereocenters.